The van der Waals surface area contributed by atoms with E-state index in [4.69, 9.17) is 9.84 Å². The molecule has 0 aromatic carbocycles. The van der Waals surface area contributed by atoms with Gasteiger partial charge in [-0.15, -0.1) is 0 Å². The van der Waals surface area contributed by atoms with E-state index in [1.54, 1.807) is 0 Å². The number of aliphatic hydroxyl groups is 3. The highest BCUT2D eigenvalue weighted by Crippen LogP contribution is 2.27. The number of hydrogen-bond donors (Lipinski definition) is 3. The summed E-state index contributed by atoms with van der Waals surface area (Å²) in [5.74, 6) is 0. The molecule has 0 aliphatic carbocycles. The van der Waals surface area contributed by atoms with Crippen LogP contribution >= 0.6 is 0 Å². The molecule has 0 bridgehead atoms. The van der Waals surface area contributed by atoms with E-state index in [0.29, 0.717) is 0 Å². The summed E-state index contributed by atoms with van der Waals surface area (Å²) in [6, 6.07) is 1.51. The van der Waals surface area contributed by atoms with E-state index in [9.17, 15) is 15.0 Å². The molecule has 4 atom stereocenters. The second-order valence-corrected chi connectivity index (χ2v) is 3.54. The molecule has 0 spiro atoms. The van der Waals surface area contributed by atoms with Gasteiger partial charge >= 0.3 is 5.69 Å². The minimum absolute atomic E-state index is 0.427. The zero-order valence-electron chi connectivity index (χ0n) is 8.30. The molecule has 0 amide bonds. The molecule has 88 valence electrons. The van der Waals surface area contributed by atoms with Crippen molar-refractivity contribution in [1.82, 2.24) is 9.55 Å². The summed E-state index contributed by atoms with van der Waals surface area (Å²) in [5, 5.41) is 28.1. The van der Waals surface area contributed by atoms with Crippen LogP contribution in [0.1, 0.15) is 6.23 Å². The maximum Gasteiger partial charge on any atom is 0.349 e. The molecule has 16 heavy (non-hydrogen) atoms. The Morgan fingerprint density at radius 1 is 1.44 bits per heavy atom. The maximum atomic E-state index is 11.4. The minimum atomic E-state index is -1.26. The van der Waals surface area contributed by atoms with Crippen LogP contribution in [0.5, 0.6) is 0 Å². The maximum absolute atomic E-state index is 11.4. The lowest BCUT2D eigenvalue weighted by atomic mass is 10.1. The standard InChI is InChI=1S/C9H12N2O5/c12-4-5-6(13)7(14)8(16-5)11-3-1-2-10-9(11)15/h1-3,5-8,12-14H,4H2/t5-,6+,7-,8-/m1/s1. The Labute approximate surface area is 90.6 Å². The largest absolute Gasteiger partial charge is 0.394 e. The van der Waals surface area contributed by atoms with Gasteiger partial charge in [0.2, 0.25) is 0 Å². The first-order valence-electron chi connectivity index (χ1n) is 4.80. The van der Waals surface area contributed by atoms with Gasteiger partial charge in [-0.25, -0.2) is 9.78 Å². The third kappa shape index (κ3) is 1.74. The van der Waals surface area contributed by atoms with Gasteiger partial charge in [-0.05, 0) is 6.07 Å². The summed E-state index contributed by atoms with van der Waals surface area (Å²) >= 11 is 0. The lowest BCUT2D eigenvalue weighted by molar-refractivity contribution is -0.0549. The molecular formula is C9H12N2O5. The fourth-order valence-corrected chi connectivity index (χ4v) is 1.67. The van der Waals surface area contributed by atoms with Crippen molar-refractivity contribution in [1.29, 1.82) is 0 Å². The van der Waals surface area contributed by atoms with Crippen molar-refractivity contribution in [3.05, 3.63) is 28.9 Å². The van der Waals surface area contributed by atoms with Crippen LogP contribution in [0.3, 0.4) is 0 Å². The second kappa shape index (κ2) is 4.30. The van der Waals surface area contributed by atoms with Crippen molar-refractivity contribution >= 4 is 0 Å². The lowest BCUT2D eigenvalue weighted by Crippen LogP contribution is -2.35. The Hall–Kier alpha value is -1.28. The van der Waals surface area contributed by atoms with E-state index in [1.165, 1.54) is 18.5 Å². The van der Waals surface area contributed by atoms with Crippen LogP contribution in [-0.4, -0.2) is 49.8 Å². The van der Waals surface area contributed by atoms with Gasteiger partial charge in [0.05, 0.1) is 6.61 Å². The van der Waals surface area contributed by atoms with Crippen LogP contribution in [-0.2, 0) is 4.74 Å². The monoisotopic (exact) mass is 228 g/mol. The molecule has 0 saturated carbocycles. The molecule has 0 unspecified atom stereocenters. The topological polar surface area (TPSA) is 105 Å². The summed E-state index contributed by atoms with van der Waals surface area (Å²) in [6.45, 7) is -0.427. The van der Waals surface area contributed by atoms with Crippen molar-refractivity contribution < 1.29 is 20.1 Å². The van der Waals surface area contributed by atoms with Crippen molar-refractivity contribution in [2.24, 2.45) is 0 Å². The van der Waals surface area contributed by atoms with Crippen molar-refractivity contribution in [3.63, 3.8) is 0 Å². The van der Waals surface area contributed by atoms with Gasteiger partial charge in [-0.2, -0.15) is 0 Å². The molecule has 1 aromatic heterocycles. The highest BCUT2D eigenvalue weighted by molar-refractivity contribution is 4.92. The summed E-state index contributed by atoms with van der Waals surface area (Å²) < 4.78 is 6.25. The number of rotatable bonds is 2. The van der Waals surface area contributed by atoms with E-state index < -0.39 is 36.8 Å². The van der Waals surface area contributed by atoms with Crippen LogP contribution in [0.25, 0.3) is 0 Å². The van der Waals surface area contributed by atoms with Crippen LogP contribution in [0, 0.1) is 0 Å². The number of nitrogens with zero attached hydrogens (tertiary/aromatic N) is 2. The molecule has 7 heteroatoms. The predicted molar refractivity (Wildman–Crippen MR) is 51.5 cm³/mol. The Morgan fingerprint density at radius 2 is 2.19 bits per heavy atom. The van der Waals surface area contributed by atoms with E-state index in [1.807, 2.05) is 0 Å². The number of aromatic nitrogens is 2. The van der Waals surface area contributed by atoms with Crippen molar-refractivity contribution in [2.45, 2.75) is 24.5 Å². The molecule has 2 heterocycles. The molecule has 1 aromatic rings. The lowest BCUT2D eigenvalue weighted by Gasteiger charge is -2.16. The van der Waals surface area contributed by atoms with Gasteiger partial charge < -0.3 is 20.1 Å². The highest BCUT2D eigenvalue weighted by Gasteiger charge is 2.43. The van der Waals surface area contributed by atoms with Crippen LogP contribution < -0.4 is 5.69 Å². The quantitative estimate of drug-likeness (QED) is 0.533. The van der Waals surface area contributed by atoms with Crippen LogP contribution in [0.15, 0.2) is 23.3 Å². The van der Waals surface area contributed by atoms with E-state index in [-0.39, 0.29) is 0 Å². The third-order valence-corrected chi connectivity index (χ3v) is 2.53. The van der Waals surface area contributed by atoms with Gasteiger partial charge in [-0.3, -0.25) is 4.57 Å². The summed E-state index contributed by atoms with van der Waals surface area (Å²) in [6.07, 6.45) is -1.68. The molecule has 1 fully saturated rings. The molecule has 3 N–H and O–H groups in total. The van der Waals surface area contributed by atoms with Gasteiger partial charge in [-0.1, -0.05) is 0 Å². The van der Waals surface area contributed by atoms with Gasteiger partial charge in [0.1, 0.15) is 18.3 Å². The fourth-order valence-electron chi connectivity index (χ4n) is 1.67. The van der Waals surface area contributed by atoms with Crippen LogP contribution in [0.2, 0.25) is 0 Å². The molecular weight excluding hydrogens is 216 g/mol. The zero-order valence-corrected chi connectivity index (χ0v) is 8.30. The number of ether oxygens (including phenoxy) is 1. The highest BCUT2D eigenvalue weighted by atomic mass is 16.6. The van der Waals surface area contributed by atoms with Crippen molar-refractivity contribution in [2.75, 3.05) is 6.61 Å². The Bertz CT molecular complexity index is 420. The first kappa shape index (κ1) is 11.2. The Kier molecular flexibility index (Phi) is 3.01. The zero-order chi connectivity index (χ0) is 11.7. The molecule has 7 nitrogen and oxygen atoms in total. The van der Waals surface area contributed by atoms with Gasteiger partial charge in [0.15, 0.2) is 6.23 Å². The van der Waals surface area contributed by atoms with E-state index in [2.05, 4.69) is 4.98 Å². The summed E-state index contributed by atoms with van der Waals surface area (Å²) in [7, 11) is 0. The normalized spacial score (nSPS) is 34.2. The Balaban J connectivity index is 2.30. The molecule has 1 saturated heterocycles. The molecule has 1 aliphatic rings. The van der Waals surface area contributed by atoms with E-state index >= 15 is 0 Å². The first-order valence-corrected chi connectivity index (χ1v) is 4.80. The van der Waals surface area contributed by atoms with Gasteiger partial charge in [0, 0.05) is 12.4 Å². The fraction of sp³-hybridized carbons (Fsp3) is 0.556. The van der Waals surface area contributed by atoms with Gasteiger partial charge in [0.25, 0.3) is 0 Å². The first-order chi connectivity index (χ1) is 7.65. The predicted octanol–water partition coefficient (Wildman–Crippen LogP) is -2.15. The summed E-state index contributed by atoms with van der Waals surface area (Å²) in [5.41, 5.74) is -0.586. The molecule has 2 rings (SSSR count). The summed E-state index contributed by atoms with van der Waals surface area (Å²) in [4.78, 5) is 14.9. The SMILES string of the molecule is O=c1ncccn1[C@@H]1O[C@H](CO)[C@H](O)[C@H]1O. The van der Waals surface area contributed by atoms with E-state index in [0.717, 1.165) is 4.57 Å². The number of hydrogen-bond acceptors (Lipinski definition) is 6. The smallest absolute Gasteiger partial charge is 0.349 e. The average Bonchev–Trinajstić information content (AvgIpc) is 2.57. The average molecular weight is 228 g/mol. The third-order valence-electron chi connectivity index (χ3n) is 2.53. The molecule has 0 radical (unpaired) electrons. The molecule has 1 aliphatic heterocycles. The minimum Gasteiger partial charge on any atom is -0.394 e. The second-order valence-electron chi connectivity index (χ2n) is 3.54. The number of aliphatic hydroxyl groups excluding tert-OH is 3. The van der Waals surface area contributed by atoms with Crippen molar-refractivity contribution in [3.8, 4) is 0 Å². The Morgan fingerprint density at radius 3 is 2.75 bits per heavy atom. The van der Waals surface area contributed by atoms with Crippen LogP contribution in [0.4, 0.5) is 0 Å².